The average molecular weight is 482 g/mol. The zero-order valence-electron chi connectivity index (χ0n) is 19.5. The van der Waals surface area contributed by atoms with Crippen LogP contribution in [-0.4, -0.2) is 40.8 Å². The summed E-state index contributed by atoms with van der Waals surface area (Å²) in [6.07, 6.45) is 0. The lowest BCUT2D eigenvalue weighted by molar-refractivity contribution is -0.119. The van der Waals surface area contributed by atoms with Crippen molar-refractivity contribution in [3.05, 3.63) is 83.9 Å². The first-order valence-electron chi connectivity index (χ1n) is 10.5. The van der Waals surface area contributed by atoms with E-state index in [9.17, 15) is 13.2 Å². The lowest BCUT2D eigenvalue weighted by atomic mass is 10.1. The Morgan fingerprint density at radius 3 is 2.24 bits per heavy atom. The molecule has 3 aromatic carbocycles. The number of ether oxygens (including phenoxy) is 2. The Kier molecular flexibility index (Phi) is 7.91. The van der Waals surface area contributed by atoms with Gasteiger partial charge in [-0.15, -0.1) is 0 Å². The van der Waals surface area contributed by atoms with Crippen molar-refractivity contribution in [2.45, 2.75) is 18.7 Å². The Bertz CT molecular complexity index is 1290. The number of hydrogen-bond donors (Lipinski definition) is 1. The van der Waals surface area contributed by atoms with Gasteiger partial charge in [-0.2, -0.15) is 5.10 Å². The Morgan fingerprint density at radius 1 is 0.941 bits per heavy atom. The van der Waals surface area contributed by atoms with Gasteiger partial charge in [0.15, 0.2) is 11.5 Å². The molecule has 0 atom stereocenters. The standard InChI is InChI=1S/C25H27N3O5S/c1-18-10-8-9-13-22(18)28(34(30,31)21-11-6-5-7-12-21)17-25(29)27-26-19(2)20-14-15-23(32-3)24(16-20)33-4/h5-16H,17H2,1-4H3,(H,27,29)/b26-19-. The van der Waals surface area contributed by atoms with Crippen molar-refractivity contribution < 1.29 is 22.7 Å². The summed E-state index contributed by atoms with van der Waals surface area (Å²) in [4.78, 5) is 12.9. The molecule has 0 spiro atoms. The maximum absolute atomic E-state index is 13.4. The predicted molar refractivity (Wildman–Crippen MR) is 132 cm³/mol. The van der Waals surface area contributed by atoms with Crippen molar-refractivity contribution in [3.8, 4) is 11.5 Å². The number of aryl methyl sites for hydroxylation is 1. The fourth-order valence-corrected chi connectivity index (χ4v) is 4.81. The summed E-state index contributed by atoms with van der Waals surface area (Å²) in [7, 11) is -0.911. The molecule has 0 fully saturated rings. The number of carbonyl (C=O) groups is 1. The summed E-state index contributed by atoms with van der Waals surface area (Å²) in [6, 6.07) is 20.3. The van der Waals surface area contributed by atoms with Crippen molar-refractivity contribution in [2.75, 3.05) is 25.1 Å². The van der Waals surface area contributed by atoms with Gasteiger partial charge in [-0.1, -0.05) is 36.4 Å². The van der Waals surface area contributed by atoms with Crippen LogP contribution in [0.4, 0.5) is 5.69 Å². The normalized spacial score (nSPS) is 11.6. The fraction of sp³-hybridized carbons (Fsp3) is 0.200. The van der Waals surface area contributed by atoms with Crippen molar-refractivity contribution in [2.24, 2.45) is 5.10 Å². The van der Waals surface area contributed by atoms with Crippen molar-refractivity contribution in [1.29, 1.82) is 0 Å². The number of nitrogens with one attached hydrogen (secondary N) is 1. The van der Waals surface area contributed by atoms with Crippen LogP contribution in [0.25, 0.3) is 0 Å². The second-order valence-electron chi connectivity index (χ2n) is 7.41. The number of nitrogens with zero attached hydrogens (tertiary/aromatic N) is 2. The van der Waals surface area contributed by atoms with Crippen LogP contribution in [0.5, 0.6) is 11.5 Å². The number of rotatable bonds is 9. The van der Waals surface area contributed by atoms with Crippen molar-refractivity contribution in [1.82, 2.24) is 5.43 Å². The third kappa shape index (κ3) is 5.55. The Morgan fingerprint density at radius 2 is 1.59 bits per heavy atom. The molecule has 8 nitrogen and oxygen atoms in total. The highest BCUT2D eigenvalue weighted by Crippen LogP contribution is 2.28. The Hall–Kier alpha value is -3.85. The van der Waals surface area contributed by atoms with Crippen LogP contribution < -0.4 is 19.2 Å². The minimum Gasteiger partial charge on any atom is -0.493 e. The van der Waals surface area contributed by atoms with Gasteiger partial charge in [0.2, 0.25) is 0 Å². The molecular weight excluding hydrogens is 454 g/mol. The SMILES string of the molecule is COc1ccc(/C(C)=N\NC(=O)CN(c2ccccc2C)S(=O)(=O)c2ccccc2)cc1OC. The second kappa shape index (κ2) is 10.8. The molecule has 0 aliphatic rings. The van der Waals surface area contributed by atoms with Gasteiger partial charge in [0.25, 0.3) is 15.9 Å². The first-order chi connectivity index (χ1) is 16.3. The van der Waals surface area contributed by atoms with E-state index in [1.165, 1.54) is 19.2 Å². The van der Waals surface area contributed by atoms with Gasteiger partial charge in [0.1, 0.15) is 6.54 Å². The van der Waals surface area contributed by atoms with E-state index in [-0.39, 0.29) is 4.90 Å². The predicted octanol–water partition coefficient (Wildman–Crippen LogP) is 3.75. The fourth-order valence-electron chi connectivity index (χ4n) is 3.30. The number of hydrazone groups is 1. The maximum atomic E-state index is 13.4. The zero-order chi connectivity index (χ0) is 24.7. The maximum Gasteiger partial charge on any atom is 0.264 e. The van der Waals surface area contributed by atoms with E-state index in [0.29, 0.717) is 28.5 Å². The van der Waals surface area contributed by atoms with Gasteiger partial charge in [0.05, 0.1) is 30.5 Å². The van der Waals surface area contributed by atoms with Gasteiger partial charge >= 0.3 is 0 Å². The number of hydrogen-bond acceptors (Lipinski definition) is 6. The zero-order valence-corrected chi connectivity index (χ0v) is 20.3. The molecule has 3 rings (SSSR count). The van der Waals surface area contributed by atoms with Gasteiger partial charge < -0.3 is 9.47 Å². The molecule has 0 bridgehead atoms. The molecule has 34 heavy (non-hydrogen) atoms. The van der Waals surface area contributed by atoms with Gasteiger partial charge in [-0.25, -0.2) is 13.8 Å². The number of para-hydroxylation sites is 1. The van der Waals surface area contributed by atoms with Crippen LogP contribution in [-0.2, 0) is 14.8 Å². The molecule has 3 aromatic rings. The number of sulfonamides is 1. The lowest BCUT2D eigenvalue weighted by Crippen LogP contribution is -2.40. The summed E-state index contributed by atoms with van der Waals surface area (Å²) >= 11 is 0. The van der Waals surface area contributed by atoms with Crippen LogP contribution in [0.1, 0.15) is 18.1 Å². The van der Waals surface area contributed by atoms with Crippen LogP contribution in [0.3, 0.4) is 0 Å². The number of methoxy groups -OCH3 is 2. The van der Waals surface area contributed by atoms with Gasteiger partial charge in [0, 0.05) is 5.56 Å². The third-order valence-corrected chi connectivity index (χ3v) is 6.93. The summed E-state index contributed by atoms with van der Waals surface area (Å²) in [6.45, 7) is 3.08. The average Bonchev–Trinajstić information content (AvgIpc) is 2.86. The molecule has 0 aromatic heterocycles. The topological polar surface area (TPSA) is 97.3 Å². The molecule has 0 radical (unpaired) electrons. The van der Waals surface area contributed by atoms with Crippen molar-refractivity contribution in [3.63, 3.8) is 0 Å². The highest BCUT2D eigenvalue weighted by molar-refractivity contribution is 7.92. The van der Waals surface area contributed by atoms with Crippen LogP contribution in [0, 0.1) is 6.92 Å². The van der Waals surface area contributed by atoms with Crippen LogP contribution in [0.2, 0.25) is 0 Å². The Labute approximate surface area is 199 Å². The molecule has 178 valence electrons. The molecule has 0 saturated heterocycles. The molecule has 0 heterocycles. The molecule has 0 aliphatic carbocycles. The van der Waals surface area contributed by atoms with Crippen LogP contribution in [0.15, 0.2) is 82.8 Å². The third-order valence-electron chi connectivity index (χ3n) is 5.15. The first-order valence-corrected chi connectivity index (χ1v) is 11.9. The van der Waals surface area contributed by atoms with E-state index in [1.807, 2.05) is 6.07 Å². The number of amides is 1. The summed E-state index contributed by atoms with van der Waals surface area (Å²) in [5, 5.41) is 4.15. The van der Waals surface area contributed by atoms with E-state index in [2.05, 4.69) is 10.5 Å². The molecular formula is C25H27N3O5S. The van der Waals surface area contributed by atoms with E-state index in [4.69, 9.17) is 9.47 Å². The molecule has 9 heteroatoms. The highest BCUT2D eigenvalue weighted by Gasteiger charge is 2.28. The van der Waals surface area contributed by atoms with Crippen LogP contribution >= 0.6 is 0 Å². The number of anilines is 1. The second-order valence-corrected chi connectivity index (χ2v) is 9.28. The largest absolute Gasteiger partial charge is 0.493 e. The molecule has 1 amide bonds. The van der Waals surface area contributed by atoms with Crippen molar-refractivity contribution >= 4 is 27.3 Å². The molecule has 0 aliphatic heterocycles. The quantitative estimate of drug-likeness (QED) is 0.371. The van der Waals surface area contributed by atoms with E-state index in [1.54, 1.807) is 75.6 Å². The molecule has 1 N–H and O–H groups in total. The lowest BCUT2D eigenvalue weighted by Gasteiger charge is -2.25. The number of carbonyl (C=O) groups excluding carboxylic acids is 1. The monoisotopic (exact) mass is 481 g/mol. The highest BCUT2D eigenvalue weighted by atomic mass is 32.2. The minimum atomic E-state index is -3.99. The van der Waals surface area contributed by atoms with Gasteiger partial charge in [-0.3, -0.25) is 9.10 Å². The summed E-state index contributed by atoms with van der Waals surface area (Å²) in [5.74, 6) is 0.520. The number of benzene rings is 3. The molecule has 0 saturated carbocycles. The molecule has 0 unspecified atom stereocenters. The first kappa shape index (κ1) is 24.8. The Balaban J connectivity index is 1.86. The van der Waals surface area contributed by atoms with E-state index >= 15 is 0 Å². The van der Waals surface area contributed by atoms with E-state index < -0.39 is 22.5 Å². The van der Waals surface area contributed by atoms with E-state index in [0.717, 1.165) is 9.87 Å². The van der Waals surface area contributed by atoms with Gasteiger partial charge in [-0.05, 0) is 55.8 Å². The summed E-state index contributed by atoms with van der Waals surface area (Å²) in [5.41, 5.74) is 4.83. The summed E-state index contributed by atoms with van der Waals surface area (Å²) < 4.78 is 38.4. The minimum absolute atomic E-state index is 0.0936. The smallest absolute Gasteiger partial charge is 0.264 e.